The third-order valence-electron chi connectivity index (χ3n) is 5.15. The third-order valence-corrected chi connectivity index (χ3v) is 5.15. The van der Waals surface area contributed by atoms with Gasteiger partial charge in [0.05, 0.1) is 7.11 Å². The number of rotatable bonds is 10. The van der Waals surface area contributed by atoms with Crippen molar-refractivity contribution in [2.75, 3.05) is 7.11 Å². The van der Waals surface area contributed by atoms with E-state index in [9.17, 15) is 9.59 Å². The highest BCUT2D eigenvalue weighted by Gasteiger charge is 2.29. The van der Waals surface area contributed by atoms with Gasteiger partial charge in [-0.3, -0.25) is 9.59 Å². The molecule has 1 atom stereocenters. The van der Waals surface area contributed by atoms with Gasteiger partial charge in [0.15, 0.2) is 17.3 Å². The number of methoxy groups -OCH3 is 1. The minimum absolute atomic E-state index is 0.126. The Kier molecular flexibility index (Phi) is 6.75. The number of hydrogen-bond donors (Lipinski definition) is 2. The van der Waals surface area contributed by atoms with Gasteiger partial charge in [-0.1, -0.05) is 42.5 Å². The van der Waals surface area contributed by atoms with E-state index >= 15 is 0 Å². The van der Waals surface area contributed by atoms with Crippen LogP contribution in [-0.2, 0) is 17.8 Å². The van der Waals surface area contributed by atoms with E-state index in [1.807, 2.05) is 42.5 Å². The molecule has 7 nitrogen and oxygen atoms in total. The molecule has 0 radical (unpaired) electrons. The van der Waals surface area contributed by atoms with Crippen LogP contribution in [0.3, 0.4) is 0 Å². The lowest BCUT2D eigenvalue weighted by atomic mass is 10.1. The molecule has 166 valence electrons. The minimum Gasteiger partial charge on any atom is -0.493 e. The van der Waals surface area contributed by atoms with Gasteiger partial charge in [-0.2, -0.15) is 0 Å². The van der Waals surface area contributed by atoms with Crippen molar-refractivity contribution in [3.8, 4) is 11.5 Å². The average molecular weight is 434 g/mol. The van der Waals surface area contributed by atoms with Crippen LogP contribution in [0.2, 0.25) is 0 Å². The zero-order valence-electron chi connectivity index (χ0n) is 17.9. The van der Waals surface area contributed by atoms with Crippen LogP contribution in [-0.4, -0.2) is 31.0 Å². The summed E-state index contributed by atoms with van der Waals surface area (Å²) < 4.78 is 16.7. The molecule has 2 aromatic carbocycles. The molecule has 2 N–H and O–H groups in total. The van der Waals surface area contributed by atoms with Crippen molar-refractivity contribution < 1.29 is 23.5 Å². The molecule has 1 unspecified atom stereocenters. The predicted molar refractivity (Wildman–Crippen MR) is 119 cm³/mol. The van der Waals surface area contributed by atoms with Crippen LogP contribution in [0.4, 0.5) is 0 Å². The average Bonchev–Trinajstić information content (AvgIpc) is 3.50. The fraction of sp³-hybridized carbons (Fsp3) is 0.280. The van der Waals surface area contributed by atoms with E-state index in [0.29, 0.717) is 23.7 Å². The maximum atomic E-state index is 12.8. The summed E-state index contributed by atoms with van der Waals surface area (Å²) in [6.45, 7) is 0.142. The van der Waals surface area contributed by atoms with Gasteiger partial charge >= 0.3 is 0 Å². The van der Waals surface area contributed by atoms with E-state index in [0.717, 1.165) is 18.4 Å². The summed E-state index contributed by atoms with van der Waals surface area (Å²) in [7, 11) is 1.57. The van der Waals surface area contributed by atoms with Crippen LogP contribution in [0.25, 0.3) is 0 Å². The predicted octanol–water partition coefficient (Wildman–Crippen LogP) is 3.49. The highest BCUT2D eigenvalue weighted by molar-refractivity contribution is 5.95. The van der Waals surface area contributed by atoms with Gasteiger partial charge in [-0.25, -0.2) is 0 Å². The first-order valence-corrected chi connectivity index (χ1v) is 10.6. The third kappa shape index (κ3) is 5.69. The fourth-order valence-corrected chi connectivity index (χ4v) is 3.28. The molecule has 7 heteroatoms. The van der Waals surface area contributed by atoms with Gasteiger partial charge < -0.3 is 24.5 Å². The second kappa shape index (κ2) is 10.0. The summed E-state index contributed by atoms with van der Waals surface area (Å²) in [6.07, 6.45) is 2.35. The van der Waals surface area contributed by atoms with Crippen molar-refractivity contribution >= 4 is 11.8 Å². The smallest absolute Gasteiger partial charge is 0.287 e. The van der Waals surface area contributed by atoms with E-state index in [1.165, 1.54) is 0 Å². The molecule has 0 bridgehead atoms. The van der Waals surface area contributed by atoms with Gasteiger partial charge in [0.2, 0.25) is 5.91 Å². The number of hydrogen-bond acceptors (Lipinski definition) is 5. The molecular formula is C25H26N2O5. The van der Waals surface area contributed by atoms with Crippen LogP contribution in [0.15, 0.2) is 71.1 Å². The Labute approximate surface area is 186 Å². The van der Waals surface area contributed by atoms with E-state index < -0.39 is 11.9 Å². The van der Waals surface area contributed by atoms with Gasteiger partial charge in [0.25, 0.3) is 5.91 Å². The molecule has 1 heterocycles. The van der Waals surface area contributed by atoms with Crippen molar-refractivity contribution in [1.29, 1.82) is 0 Å². The zero-order chi connectivity index (χ0) is 22.3. The van der Waals surface area contributed by atoms with E-state index in [-0.39, 0.29) is 24.3 Å². The first-order valence-electron chi connectivity index (χ1n) is 10.6. The van der Waals surface area contributed by atoms with Crippen molar-refractivity contribution in [2.24, 2.45) is 0 Å². The van der Waals surface area contributed by atoms with Crippen molar-refractivity contribution in [3.63, 3.8) is 0 Å². The Morgan fingerprint density at radius 1 is 1.00 bits per heavy atom. The Hall–Kier alpha value is -3.74. The number of benzene rings is 2. The van der Waals surface area contributed by atoms with Crippen LogP contribution in [0.5, 0.6) is 11.5 Å². The van der Waals surface area contributed by atoms with E-state index in [4.69, 9.17) is 13.9 Å². The molecule has 0 saturated heterocycles. The number of amides is 2. The van der Waals surface area contributed by atoms with E-state index in [2.05, 4.69) is 10.6 Å². The summed E-state index contributed by atoms with van der Waals surface area (Å²) in [5, 5.41) is 5.78. The molecule has 1 aliphatic carbocycles. The van der Waals surface area contributed by atoms with E-state index in [1.54, 1.807) is 31.4 Å². The molecule has 1 aliphatic rings. The maximum absolute atomic E-state index is 12.8. The lowest BCUT2D eigenvalue weighted by Gasteiger charge is -2.18. The van der Waals surface area contributed by atoms with Crippen molar-refractivity contribution in [1.82, 2.24) is 10.6 Å². The second-order valence-corrected chi connectivity index (χ2v) is 7.70. The number of nitrogens with one attached hydrogen (secondary N) is 2. The largest absolute Gasteiger partial charge is 0.493 e. The van der Waals surface area contributed by atoms with Gasteiger partial charge in [0.1, 0.15) is 18.4 Å². The summed E-state index contributed by atoms with van der Waals surface area (Å²) in [5.74, 6) is 1.18. The monoisotopic (exact) mass is 434 g/mol. The Bertz CT molecular complexity index is 1060. The molecule has 3 aromatic rings. The lowest BCUT2D eigenvalue weighted by molar-refractivity contribution is -0.123. The lowest BCUT2D eigenvalue weighted by Crippen LogP contribution is -2.48. The highest BCUT2D eigenvalue weighted by atomic mass is 16.5. The molecule has 0 aliphatic heterocycles. The Morgan fingerprint density at radius 2 is 1.72 bits per heavy atom. The zero-order valence-corrected chi connectivity index (χ0v) is 17.9. The number of para-hydroxylation sites is 2. The molecule has 32 heavy (non-hydrogen) atoms. The van der Waals surface area contributed by atoms with Gasteiger partial charge in [-0.15, -0.1) is 0 Å². The standard InChI is InChI=1S/C25H26N2O5/c1-30-21-9-5-6-10-22(21)31-16-19-13-14-23(32-19)25(29)27-20(24(28)26-18-11-12-18)15-17-7-3-2-4-8-17/h2-10,13-14,18,20H,11-12,15-16H2,1H3,(H,26,28)(H,27,29). The van der Waals surface area contributed by atoms with Crippen LogP contribution < -0.4 is 20.1 Å². The first kappa shape index (κ1) is 21.5. The second-order valence-electron chi connectivity index (χ2n) is 7.70. The summed E-state index contributed by atoms with van der Waals surface area (Å²) in [4.78, 5) is 25.5. The van der Waals surface area contributed by atoms with Crippen molar-refractivity contribution in [2.45, 2.75) is 38.0 Å². The first-order chi connectivity index (χ1) is 15.6. The van der Waals surface area contributed by atoms with Crippen LogP contribution in [0.1, 0.15) is 34.7 Å². The van der Waals surface area contributed by atoms with Crippen molar-refractivity contribution in [3.05, 3.63) is 83.8 Å². The molecule has 0 spiro atoms. The Morgan fingerprint density at radius 3 is 2.44 bits per heavy atom. The molecule has 2 amide bonds. The minimum atomic E-state index is -0.691. The number of carbonyl (C=O) groups excluding carboxylic acids is 2. The maximum Gasteiger partial charge on any atom is 0.287 e. The SMILES string of the molecule is COc1ccccc1OCc1ccc(C(=O)NC(Cc2ccccc2)C(=O)NC2CC2)o1. The topological polar surface area (TPSA) is 89.8 Å². The molecule has 1 saturated carbocycles. The molecule has 1 aromatic heterocycles. The molecule has 4 rings (SSSR count). The quantitative estimate of drug-likeness (QED) is 0.510. The number of ether oxygens (including phenoxy) is 2. The van der Waals surface area contributed by atoms with Crippen LogP contribution >= 0.6 is 0 Å². The summed E-state index contributed by atoms with van der Waals surface area (Å²) in [6, 6.07) is 19.7. The number of carbonyl (C=O) groups is 2. The summed E-state index contributed by atoms with van der Waals surface area (Å²) in [5.41, 5.74) is 0.967. The van der Waals surface area contributed by atoms with Gasteiger partial charge in [-0.05, 0) is 42.7 Å². The normalized spacial score (nSPS) is 13.8. The molecular weight excluding hydrogens is 408 g/mol. The Balaban J connectivity index is 1.39. The van der Waals surface area contributed by atoms with Gasteiger partial charge in [0, 0.05) is 12.5 Å². The molecule has 1 fully saturated rings. The number of furan rings is 1. The van der Waals surface area contributed by atoms with Crippen LogP contribution in [0, 0.1) is 0 Å². The summed E-state index contributed by atoms with van der Waals surface area (Å²) >= 11 is 0. The highest BCUT2D eigenvalue weighted by Crippen LogP contribution is 2.27. The fourth-order valence-electron chi connectivity index (χ4n) is 3.28.